The van der Waals surface area contributed by atoms with E-state index in [9.17, 15) is 4.79 Å². The number of pyridine rings is 1. The van der Waals surface area contributed by atoms with E-state index in [4.69, 9.17) is 11.6 Å². The summed E-state index contributed by atoms with van der Waals surface area (Å²) in [6.45, 7) is 7.40. The zero-order valence-electron chi connectivity index (χ0n) is 13.1. The van der Waals surface area contributed by atoms with Gasteiger partial charge in [0, 0.05) is 12.2 Å². The maximum atomic E-state index is 11.9. The Balaban J connectivity index is 1.61. The highest BCUT2D eigenvalue weighted by atomic mass is 35.5. The summed E-state index contributed by atoms with van der Waals surface area (Å²) in [4.78, 5) is 18.4. The highest BCUT2D eigenvalue weighted by molar-refractivity contribution is 8.01. The van der Waals surface area contributed by atoms with Gasteiger partial charge in [0.2, 0.25) is 0 Å². The number of carbonyl (C=O) groups excluding carboxylic acids is 1. The van der Waals surface area contributed by atoms with Crippen molar-refractivity contribution in [1.29, 1.82) is 0 Å². The fourth-order valence-corrected chi connectivity index (χ4v) is 3.49. The van der Waals surface area contributed by atoms with Gasteiger partial charge in [-0.1, -0.05) is 11.6 Å². The van der Waals surface area contributed by atoms with Crippen LogP contribution in [0.15, 0.2) is 18.3 Å². The molecule has 0 aromatic carbocycles. The van der Waals surface area contributed by atoms with Crippen molar-refractivity contribution < 1.29 is 4.79 Å². The predicted molar refractivity (Wildman–Crippen MR) is 93.2 cm³/mol. The first-order chi connectivity index (χ1) is 10.6. The van der Waals surface area contributed by atoms with Gasteiger partial charge in [-0.3, -0.25) is 4.79 Å². The Kier molecular flexibility index (Phi) is 6.86. The molecular weight excluding hydrogens is 318 g/mol. The Morgan fingerprint density at radius 1 is 1.50 bits per heavy atom. The molecule has 0 bridgehead atoms. The average Bonchev–Trinajstić information content (AvgIpc) is 2.52. The lowest BCUT2D eigenvalue weighted by Crippen LogP contribution is -2.39. The van der Waals surface area contributed by atoms with Gasteiger partial charge in [-0.15, -0.1) is 0 Å². The number of hydrogen-bond acceptors (Lipinski definition) is 4. The van der Waals surface area contributed by atoms with Crippen LogP contribution in [0, 0.1) is 5.75 Å². The van der Waals surface area contributed by atoms with Crippen LogP contribution < -0.4 is 5.32 Å². The molecule has 120 valence electrons. The second kappa shape index (κ2) is 8.65. The highest BCUT2D eigenvalue weighted by Crippen LogP contribution is 2.25. The first-order valence-electron chi connectivity index (χ1n) is 7.67. The molecule has 1 aliphatic heterocycles. The lowest BCUT2D eigenvalue weighted by atomic mass is 10.1. The van der Waals surface area contributed by atoms with E-state index in [0.717, 1.165) is 0 Å². The van der Waals surface area contributed by atoms with Crippen LogP contribution in [0.5, 0.6) is 0 Å². The summed E-state index contributed by atoms with van der Waals surface area (Å²) in [7, 11) is 0. The molecule has 1 aliphatic rings. The number of amides is 1. The quantitative estimate of drug-likeness (QED) is 0.638. The molecule has 6 heteroatoms. The third-order valence-corrected chi connectivity index (χ3v) is 5.24. The number of nitrogens with one attached hydrogen (secondary N) is 1. The van der Waals surface area contributed by atoms with Crippen molar-refractivity contribution >= 4 is 29.3 Å². The molecule has 0 spiro atoms. The number of piperidine rings is 1. The van der Waals surface area contributed by atoms with Gasteiger partial charge in [-0.05, 0) is 51.9 Å². The van der Waals surface area contributed by atoms with E-state index >= 15 is 0 Å². The van der Waals surface area contributed by atoms with Gasteiger partial charge in [0.25, 0.3) is 5.91 Å². The van der Waals surface area contributed by atoms with Crippen LogP contribution in [0.2, 0.25) is 5.02 Å². The topological polar surface area (TPSA) is 45.2 Å². The Bertz CT molecular complexity index is 473. The normalized spacial score (nSPS) is 16.7. The first-order valence-corrected chi connectivity index (χ1v) is 8.99. The zero-order chi connectivity index (χ0) is 15.9. The van der Waals surface area contributed by atoms with E-state index in [-0.39, 0.29) is 5.91 Å². The van der Waals surface area contributed by atoms with Crippen molar-refractivity contribution in [3.05, 3.63) is 34.8 Å². The molecule has 0 aliphatic carbocycles. The summed E-state index contributed by atoms with van der Waals surface area (Å²) >= 11 is 7.59. The van der Waals surface area contributed by atoms with Gasteiger partial charge in [-0.25, -0.2) is 4.98 Å². The summed E-state index contributed by atoms with van der Waals surface area (Å²) in [5.41, 5.74) is 0.396. The molecule has 0 unspecified atom stereocenters. The fourth-order valence-electron chi connectivity index (χ4n) is 2.45. The monoisotopic (exact) mass is 340 g/mol. The lowest BCUT2D eigenvalue weighted by Gasteiger charge is -2.32. The smallest absolute Gasteiger partial charge is 0.273 e. The van der Waals surface area contributed by atoms with Crippen molar-refractivity contribution in [2.75, 3.05) is 19.6 Å². The number of thioether (sulfide) groups is 1. The molecule has 2 heterocycles. The van der Waals surface area contributed by atoms with Crippen molar-refractivity contribution in [2.45, 2.75) is 38.0 Å². The van der Waals surface area contributed by atoms with Crippen LogP contribution in [0.1, 0.15) is 37.2 Å². The second-order valence-electron chi connectivity index (χ2n) is 5.70. The van der Waals surface area contributed by atoms with Crippen molar-refractivity contribution in [3.63, 3.8) is 0 Å². The van der Waals surface area contributed by atoms with Crippen molar-refractivity contribution in [2.24, 2.45) is 0 Å². The molecular formula is C16H23ClN3OS+. The number of halogens is 1. The van der Waals surface area contributed by atoms with Crippen LogP contribution in [-0.4, -0.2) is 46.7 Å². The molecule has 0 saturated carbocycles. The minimum absolute atomic E-state index is 0.164. The third kappa shape index (κ3) is 5.38. The van der Waals surface area contributed by atoms with E-state index in [1.54, 1.807) is 12.1 Å². The minimum Gasteiger partial charge on any atom is -0.311 e. The van der Waals surface area contributed by atoms with Gasteiger partial charge in [0.1, 0.15) is 5.69 Å². The molecule has 2 rings (SSSR count). The first kappa shape index (κ1) is 17.4. The molecule has 1 fully saturated rings. The van der Waals surface area contributed by atoms with Crippen LogP contribution in [0.3, 0.4) is 0 Å². The molecule has 4 nitrogen and oxygen atoms in total. The van der Waals surface area contributed by atoms with E-state index in [0.29, 0.717) is 28.6 Å². The fraction of sp³-hybridized carbons (Fsp3) is 0.562. The third-order valence-electron chi connectivity index (χ3n) is 3.80. The van der Waals surface area contributed by atoms with Gasteiger partial charge >= 0.3 is 0 Å². The molecule has 1 aromatic heterocycles. The standard InChI is InChI=1S/C16H22ClN3OS/c1-12(2)20-8-5-14(6-9-20)22-10-7-18-16(21)15-4-3-13(17)11-19-15/h3-4,10-12,14H,5-9H2,1-2H3/p+1. The highest BCUT2D eigenvalue weighted by Gasteiger charge is 2.24. The van der Waals surface area contributed by atoms with Crippen molar-refractivity contribution in [3.8, 4) is 0 Å². The SMILES string of the molecule is CC(C)N1CCC(S[CH+]CNC(=O)c2ccc(Cl)cn2)CC1. The average molecular weight is 341 g/mol. The second-order valence-corrected chi connectivity index (χ2v) is 7.41. The Morgan fingerprint density at radius 2 is 2.23 bits per heavy atom. The molecule has 1 N–H and O–H groups in total. The van der Waals surface area contributed by atoms with Gasteiger partial charge in [-0.2, -0.15) is 0 Å². The van der Waals surface area contributed by atoms with E-state index in [2.05, 4.69) is 34.8 Å². The summed E-state index contributed by atoms with van der Waals surface area (Å²) in [5.74, 6) is 1.92. The van der Waals surface area contributed by atoms with Gasteiger partial charge in [0.05, 0.1) is 22.0 Å². The van der Waals surface area contributed by atoms with E-state index < -0.39 is 0 Å². The van der Waals surface area contributed by atoms with Crippen molar-refractivity contribution in [1.82, 2.24) is 15.2 Å². The summed E-state index contributed by atoms with van der Waals surface area (Å²) in [6, 6.07) is 3.94. The number of likely N-dealkylation sites (tertiary alicyclic amines) is 1. The van der Waals surface area contributed by atoms with Crippen LogP contribution >= 0.6 is 23.4 Å². The van der Waals surface area contributed by atoms with E-state index in [1.807, 2.05) is 11.8 Å². The molecule has 0 atom stereocenters. The Hall–Kier alpha value is -0.910. The van der Waals surface area contributed by atoms with Crippen LogP contribution in [-0.2, 0) is 0 Å². The minimum atomic E-state index is -0.164. The molecule has 1 saturated heterocycles. The Morgan fingerprint density at radius 3 is 2.82 bits per heavy atom. The molecule has 22 heavy (non-hydrogen) atoms. The maximum absolute atomic E-state index is 11.9. The zero-order valence-corrected chi connectivity index (χ0v) is 14.7. The summed E-state index contributed by atoms with van der Waals surface area (Å²) < 4.78 is 0. The van der Waals surface area contributed by atoms with Crippen LogP contribution in [0.25, 0.3) is 0 Å². The summed E-state index contributed by atoms with van der Waals surface area (Å²) in [5, 5.41) is 4.05. The number of hydrogen-bond donors (Lipinski definition) is 1. The number of carbonyl (C=O) groups is 1. The Labute approximate surface area is 142 Å². The molecule has 1 amide bonds. The number of rotatable bonds is 6. The van der Waals surface area contributed by atoms with Crippen LogP contribution in [0.4, 0.5) is 0 Å². The largest absolute Gasteiger partial charge is 0.311 e. The van der Waals surface area contributed by atoms with Gasteiger partial charge in [0.15, 0.2) is 12.3 Å². The molecule has 0 radical (unpaired) electrons. The predicted octanol–water partition coefficient (Wildman–Crippen LogP) is 3.23. The maximum Gasteiger partial charge on any atom is 0.273 e. The summed E-state index contributed by atoms with van der Waals surface area (Å²) in [6.07, 6.45) is 3.91. The van der Waals surface area contributed by atoms with E-state index in [1.165, 1.54) is 32.1 Å². The lowest BCUT2D eigenvalue weighted by molar-refractivity contribution is 0.0952. The molecule has 1 aromatic rings. The van der Waals surface area contributed by atoms with Gasteiger partial charge < -0.3 is 10.2 Å². The number of nitrogens with zero attached hydrogens (tertiary/aromatic N) is 2. The number of aromatic nitrogens is 1.